The standard InChI is InChI=1S/C29H39N3O2/c1-28(34)9-7-19-17(12-28)5-6-21-20(19)8-10-29(2)25(21)22-11-23(22)26(29)24(33)15-32-14-18(13-30)27(31-32)16-3-4-16/h14,16-17,19-23,25-26,34H,3-12,15H2,1-2H3/t17-,19+,20-,21-,22-,23+,25-,26-,28-,29+/m1/s1. The molecule has 6 aliphatic rings. The van der Waals surface area contributed by atoms with E-state index in [9.17, 15) is 15.2 Å². The van der Waals surface area contributed by atoms with Gasteiger partial charge in [-0.05, 0) is 118 Å². The minimum absolute atomic E-state index is 0.142. The average Bonchev–Trinajstić information content (AvgIpc) is 3.71. The van der Waals surface area contributed by atoms with Gasteiger partial charge in [-0.3, -0.25) is 9.48 Å². The quantitative estimate of drug-likeness (QED) is 0.678. The number of carbonyl (C=O) groups is 1. The summed E-state index contributed by atoms with van der Waals surface area (Å²) in [5.41, 5.74) is 1.27. The molecule has 1 aromatic rings. The van der Waals surface area contributed by atoms with Gasteiger partial charge in [0.15, 0.2) is 5.78 Å². The van der Waals surface area contributed by atoms with Crippen molar-refractivity contribution in [2.75, 3.05) is 0 Å². The summed E-state index contributed by atoms with van der Waals surface area (Å²) in [6.07, 6.45) is 13.5. The predicted molar refractivity (Wildman–Crippen MR) is 128 cm³/mol. The van der Waals surface area contributed by atoms with Gasteiger partial charge in [0.25, 0.3) is 0 Å². The third kappa shape index (κ3) is 3.13. The van der Waals surface area contributed by atoms with Gasteiger partial charge >= 0.3 is 0 Å². The zero-order chi connectivity index (χ0) is 23.4. The van der Waals surface area contributed by atoms with Crippen LogP contribution in [-0.4, -0.2) is 26.3 Å². The maximum Gasteiger partial charge on any atom is 0.158 e. The number of fused-ring (bicyclic) bond motifs is 7. The molecule has 10 atom stereocenters. The molecule has 6 aliphatic carbocycles. The summed E-state index contributed by atoms with van der Waals surface area (Å²) < 4.78 is 1.79. The van der Waals surface area contributed by atoms with Crippen LogP contribution in [0.4, 0.5) is 0 Å². The Morgan fingerprint density at radius 1 is 1.09 bits per heavy atom. The van der Waals surface area contributed by atoms with Crippen LogP contribution in [-0.2, 0) is 11.3 Å². The first kappa shape index (κ1) is 21.6. The van der Waals surface area contributed by atoms with Crippen molar-refractivity contribution >= 4 is 5.78 Å². The topological polar surface area (TPSA) is 78.9 Å². The Kier molecular flexibility index (Phi) is 4.57. The molecule has 0 spiro atoms. The molecule has 0 saturated heterocycles. The number of nitrogens with zero attached hydrogens (tertiary/aromatic N) is 3. The zero-order valence-electron chi connectivity index (χ0n) is 20.7. The van der Waals surface area contributed by atoms with Gasteiger partial charge in [-0.15, -0.1) is 0 Å². The number of carbonyl (C=O) groups excluding carboxylic acids is 1. The summed E-state index contributed by atoms with van der Waals surface area (Å²) in [6.45, 7) is 4.84. The third-order valence-corrected chi connectivity index (χ3v) is 11.6. The van der Waals surface area contributed by atoms with E-state index in [0.717, 1.165) is 55.0 Å². The highest BCUT2D eigenvalue weighted by molar-refractivity contribution is 5.83. The van der Waals surface area contributed by atoms with Crippen molar-refractivity contribution in [3.63, 3.8) is 0 Å². The first-order valence-electron chi connectivity index (χ1n) is 14.0. The molecule has 0 aliphatic heterocycles. The number of hydrogen-bond donors (Lipinski definition) is 1. The van der Waals surface area contributed by atoms with Gasteiger partial charge in [0.05, 0.1) is 23.4 Å². The molecular weight excluding hydrogens is 422 g/mol. The summed E-state index contributed by atoms with van der Waals surface area (Å²) in [7, 11) is 0. The lowest BCUT2D eigenvalue weighted by Gasteiger charge is -2.57. The van der Waals surface area contributed by atoms with E-state index in [2.05, 4.69) is 13.0 Å². The van der Waals surface area contributed by atoms with Crippen molar-refractivity contribution in [1.29, 1.82) is 5.26 Å². The number of Topliss-reactive ketones (excluding diaryl/α,β-unsaturated/α-hetero) is 1. The van der Waals surface area contributed by atoms with Crippen molar-refractivity contribution in [3.05, 3.63) is 17.5 Å². The Morgan fingerprint density at radius 3 is 2.65 bits per heavy atom. The van der Waals surface area contributed by atoms with E-state index in [-0.39, 0.29) is 11.3 Å². The monoisotopic (exact) mass is 461 g/mol. The van der Waals surface area contributed by atoms with Crippen LogP contribution >= 0.6 is 0 Å². The number of aromatic nitrogens is 2. The second kappa shape index (κ2) is 7.19. The number of nitriles is 1. The van der Waals surface area contributed by atoms with Gasteiger partial charge in [-0.25, -0.2) is 0 Å². The fraction of sp³-hybridized carbons (Fsp3) is 0.828. The SMILES string of the molecule is C[C@@]1(O)CC[C@H]2[C@H](CC[C@@H]3[C@@H]2CC[C@@]2(C)[C@H]3[C@@H]3C[C@@H]3[C@@H]2C(=O)Cn2cc(C#N)c(C3CC3)n2)C1. The molecule has 0 bridgehead atoms. The zero-order valence-corrected chi connectivity index (χ0v) is 20.7. The average molecular weight is 462 g/mol. The van der Waals surface area contributed by atoms with E-state index in [0.29, 0.717) is 41.6 Å². The summed E-state index contributed by atoms with van der Waals surface area (Å²) in [6, 6.07) is 2.30. The largest absolute Gasteiger partial charge is 0.390 e. The highest BCUT2D eigenvalue weighted by Crippen LogP contribution is 2.74. The molecule has 6 saturated carbocycles. The van der Waals surface area contributed by atoms with Crippen LogP contribution in [0.15, 0.2) is 6.20 Å². The normalized spacial score (nSPS) is 48.8. The lowest BCUT2D eigenvalue weighted by atomic mass is 9.48. The smallest absolute Gasteiger partial charge is 0.158 e. The van der Waals surface area contributed by atoms with E-state index in [1.807, 2.05) is 13.1 Å². The molecule has 0 unspecified atom stereocenters. The van der Waals surface area contributed by atoms with Gasteiger partial charge in [0.1, 0.15) is 6.07 Å². The summed E-state index contributed by atoms with van der Waals surface area (Å²) in [4.78, 5) is 13.8. The maximum atomic E-state index is 13.8. The van der Waals surface area contributed by atoms with Crippen molar-refractivity contribution in [2.24, 2.45) is 52.8 Å². The second-order valence-corrected chi connectivity index (χ2v) is 13.7. The Bertz CT molecular complexity index is 1060. The van der Waals surface area contributed by atoms with Crippen LogP contribution < -0.4 is 0 Å². The van der Waals surface area contributed by atoms with Crippen molar-refractivity contribution in [2.45, 2.75) is 96.1 Å². The van der Waals surface area contributed by atoms with Crippen LogP contribution in [0.25, 0.3) is 0 Å². The van der Waals surface area contributed by atoms with Crippen molar-refractivity contribution in [3.8, 4) is 6.07 Å². The number of aliphatic hydroxyl groups is 1. The lowest BCUT2D eigenvalue weighted by Crippen LogP contribution is -2.52. The number of rotatable bonds is 4. The number of ketones is 1. The van der Waals surface area contributed by atoms with E-state index in [4.69, 9.17) is 5.10 Å². The highest BCUT2D eigenvalue weighted by atomic mass is 16.3. The summed E-state index contributed by atoms with van der Waals surface area (Å²) in [5, 5.41) is 24.9. The maximum absolute atomic E-state index is 13.8. The Balaban J connectivity index is 1.11. The fourth-order valence-electron chi connectivity index (χ4n) is 10.2. The highest BCUT2D eigenvalue weighted by Gasteiger charge is 2.70. The van der Waals surface area contributed by atoms with Crippen molar-refractivity contribution < 1.29 is 9.90 Å². The third-order valence-electron chi connectivity index (χ3n) is 11.6. The molecule has 5 heteroatoms. The van der Waals surface area contributed by atoms with Gasteiger partial charge in [0, 0.05) is 18.0 Å². The van der Waals surface area contributed by atoms with Gasteiger partial charge in [-0.1, -0.05) is 6.92 Å². The van der Waals surface area contributed by atoms with Gasteiger partial charge in [-0.2, -0.15) is 10.4 Å². The van der Waals surface area contributed by atoms with Crippen LogP contribution in [0.2, 0.25) is 0 Å². The first-order valence-corrected chi connectivity index (χ1v) is 14.0. The van der Waals surface area contributed by atoms with Crippen LogP contribution in [0.3, 0.4) is 0 Å². The Labute approximate surface area is 203 Å². The molecule has 6 fully saturated rings. The molecule has 0 aromatic carbocycles. The van der Waals surface area contributed by atoms with Crippen LogP contribution in [0.1, 0.15) is 95.2 Å². The molecule has 1 heterocycles. The molecule has 1 aromatic heterocycles. The molecule has 182 valence electrons. The Morgan fingerprint density at radius 2 is 1.88 bits per heavy atom. The molecule has 7 rings (SSSR count). The molecular formula is C29H39N3O2. The molecule has 5 nitrogen and oxygen atoms in total. The van der Waals surface area contributed by atoms with Crippen LogP contribution in [0, 0.1) is 64.1 Å². The van der Waals surface area contributed by atoms with E-state index in [1.165, 1.54) is 38.5 Å². The summed E-state index contributed by atoms with van der Waals surface area (Å²) in [5.74, 6) is 6.12. The van der Waals surface area contributed by atoms with E-state index in [1.54, 1.807) is 4.68 Å². The fourth-order valence-corrected chi connectivity index (χ4v) is 10.2. The molecule has 0 radical (unpaired) electrons. The molecule has 0 amide bonds. The Hall–Kier alpha value is -1.67. The molecule has 1 N–H and O–H groups in total. The minimum atomic E-state index is -0.457. The van der Waals surface area contributed by atoms with Gasteiger partial charge in [0.2, 0.25) is 0 Å². The van der Waals surface area contributed by atoms with Crippen molar-refractivity contribution in [1.82, 2.24) is 9.78 Å². The van der Waals surface area contributed by atoms with Crippen LogP contribution in [0.5, 0.6) is 0 Å². The number of hydrogen-bond acceptors (Lipinski definition) is 4. The lowest BCUT2D eigenvalue weighted by molar-refractivity contribution is -0.136. The first-order chi connectivity index (χ1) is 16.3. The van der Waals surface area contributed by atoms with E-state index >= 15 is 0 Å². The van der Waals surface area contributed by atoms with E-state index < -0.39 is 5.60 Å². The molecule has 34 heavy (non-hydrogen) atoms. The minimum Gasteiger partial charge on any atom is -0.390 e. The summed E-state index contributed by atoms with van der Waals surface area (Å²) >= 11 is 0. The predicted octanol–water partition coefficient (Wildman–Crippen LogP) is 5.08. The van der Waals surface area contributed by atoms with Gasteiger partial charge < -0.3 is 5.11 Å². The second-order valence-electron chi connectivity index (χ2n) is 13.7.